The van der Waals surface area contributed by atoms with Crippen LogP contribution in [0.1, 0.15) is 67.3 Å². The van der Waals surface area contributed by atoms with Crippen LogP contribution in [-0.4, -0.2) is 53.5 Å². The van der Waals surface area contributed by atoms with Gasteiger partial charge in [-0.3, -0.25) is 19.7 Å². The van der Waals surface area contributed by atoms with E-state index in [4.69, 9.17) is 5.73 Å². The lowest BCUT2D eigenvalue weighted by atomic mass is 9.89. The molecular weight excluding hydrogens is 437 g/mol. The van der Waals surface area contributed by atoms with E-state index in [-0.39, 0.29) is 56.3 Å². The molecule has 3 N–H and O–H groups in total. The van der Waals surface area contributed by atoms with Gasteiger partial charge in [0.15, 0.2) is 0 Å². The van der Waals surface area contributed by atoms with Gasteiger partial charge in [-0.2, -0.15) is 13.2 Å². The Balaban J connectivity index is 1.60. The van der Waals surface area contributed by atoms with E-state index in [1.165, 1.54) is 4.90 Å². The van der Waals surface area contributed by atoms with E-state index in [1.807, 2.05) is 11.0 Å². The lowest BCUT2D eigenvalue weighted by Crippen LogP contribution is -2.52. The lowest BCUT2D eigenvalue weighted by molar-refractivity contribution is -0.137. The number of fused-ring (bicyclic) bond motifs is 1. The zero-order valence-corrected chi connectivity index (χ0v) is 18.4. The van der Waals surface area contributed by atoms with E-state index in [9.17, 15) is 27.6 Å². The molecule has 7 nitrogen and oxygen atoms in total. The summed E-state index contributed by atoms with van der Waals surface area (Å²) in [6.45, 7) is 0.418. The van der Waals surface area contributed by atoms with Crippen LogP contribution in [0, 0.1) is 0 Å². The largest absolute Gasteiger partial charge is 0.389 e. The molecule has 1 saturated heterocycles. The van der Waals surface area contributed by atoms with Gasteiger partial charge in [-0.15, -0.1) is 0 Å². The maximum atomic E-state index is 13.1. The van der Waals surface area contributed by atoms with Crippen LogP contribution in [0.15, 0.2) is 18.2 Å². The van der Waals surface area contributed by atoms with E-state index in [0.29, 0.717) is 5.56 Å². The molecule has 0 radical (unpaired) electrons. The first kappa shape index (κ1) is 23.5. The first-order valence-electron chi connectivity index (χ1n) is 11.5. The summed E-state index contributed by atoms with van der Waals surface area (Å²) in [5, 5.41) is 2.29. The van der Waals surface area contributed by atoms with Gasteiger partial charge in [0, 0.05) is 54.8 Å². The molecule has 1 unspecified atom stereocenters. The van der Waals surface area contributed by atoms with Crippen LogP contribution in [0.4, 0.5) is 18.9 Å². The Morgan fingerprint density at radius 1 is 1.09 bits per heavy atom. The van der Waals surface area contributed by atoms with Crippen molar-refractivity contribution in [2.75, 3.05) is 11.4 Å². The molecule has 1 aliphatic carbocycles. The second-order valence-electron chi connectivity index (χ2n) is 9.18. The molecule has 1 aromatic carbocycles. The molecule has 1 atom stereocenters. The number of imide groups is 1. The van der Waals surface area contributed by atoms with Gasteiger partial charge in [-0.25, -0.2) is 0 Å². The second-order valence-corrected chi connectivity index (χ2v) is 9.18. The molecule has 2 fully saturated rings. The summed E-state index contributed by atoms with van der Waals surface area (Å²) in [4.78, 5) is 40.5. The SMILES string of the molecule is NC1CCC(N(CCCC(F)(F)F)c2cccc3c2CN(C2CCC(=O)NC2=O)C3=O)CC1. The third kappa shape index (κ3) is 5.15. The van der Waals surface area contributed by atoms with Gasteiger partial charge < -0.3 is 15.5 Å². The molecule has 33 heavy (non-hydrogen) atoms. The van der Waals surface area contributed by atoms with Crippen LogP contribution in [0.25, 0.3) is 0 Å². The minimum atomic E-state index is -4.22. The molecule has 0 aromatic heterocycles. The zero-order chi connectivity index (χ0) is 23.8. The molecule has 2 aliphatic heterocycles. The average Bonchev–Trinajstić information content (AvgIpc) is 3.08. The smallest absolute Gasteiger partial charge is 0.368 e. The minimum absolute atomic E-state index is 0.0411. The number of nitrogens with two attached hydrogens (primary N) is 1. The van der Waals surface area contributed by atoms with Crippen molar-refractivity contribution in [3.05, 3.63) is 29.3 Å². The van der Waals surface area contributed by atoms with Crippen molar-refractivity contribution < 1.29 is 27.6 Å². The molecule has 1 aromatic rings. The van der Waals surface area contributed by atoms with Crippen molar-refractivity contribution in [2.24, 2.45) is 5.73 Å². The highest BCUT2D eigenvalue weighted by molar-refractivity contribution is 6.06. The number of piperidine rings is 1. The fourth-order valence-corrected chi connectivity index (χ4v) is 5.20. The van der Waals surface area contributed by atoms with Crippen LogP contribution in [0.3, 0.4) is 0 Å². The molecule has 3 amide bonds. The fourth-order valence-electron chi connectivity index (χ4n) is 5.20. The zero-order valence-electron chi connectivity index (χ0n) is 18.4. The number of carbonyl (C=O) groups is 3. The Morgan fingerprint density at radius 2 is 1.82 bits per heavy atom. The Bertz CT molecular complexity index is 928. The molecule has 3 aliphatic rings. The van der Waals surface area contributed by atoms with Gasteiger partial charge in [0.2, 0.25) is 11.8 Å². The van der Waals surface area contributed by atoms with Crippen LogP contribution in [0.2, 0.25) is 0 Å². The topological polar surface area (TPSA) is 95.7 Å². The van der Waals surface area contributed by atoms with E-state index >= 15 is 0 Å². The molecule has 0 bridgehead atoms. The van der Waals surface area contributed by atoms with E-state index in [2.05, 4.69) is 5.32 Å². The van der Waals surface area contributed by atoms with Gasteiger partial charge in [0.05, 0.1) is 0 Å². The summed E-state index contributed by atoms with van der Waals surface area (Å²) in [6.07, 6.45) is -1.55. The van der Waals surface area contributed by atoms with Gasteiger partial charge in [-0.1, -0.05) is 6.07 Å². The first-order chi connectivity index (χ1) is 15.6. The van der Waals surface area contributed by atoms with Crippen LogP contribution in [0.5, 0.6) is 0 Å². The first-order valence-corrected chi connectivity index (χ1v) is 11.5. The Hall–Kier alpha value is -2.62. The number of nitrogens with zero attached hydrogens (tertiary/aromatic N) is 2. The average molecular weight is 467 g/mol. The number of hydrogen-bond acceptors (Lipinski definition) is 5. The Labute approximate surface area is 190 Å². The number of alkyl halides is 3. The molecule has 1 saturated carbocycles. The quantitative estimate of drug-likeness (QED) is 0.629. The van der Waals surface area contributed by atoms with Gasteiger partial charge in [-0.05, 0) is 50.7 Å². The van der Waals surface area contributed by atoms with Crippen molar-refractivity contribution in [3.63, 3.8) is 0 Å². The Morgan fingerprint density at radius 3 is 2.48 bits per heavy atom. The highest BCUT2D eigenvalue weighted by Gasteiger charge is 2.41. The number of amides is 3. The maximum Gasteiger partial charge on any atom is 0.389 e. The van der Waals surface area contributed by atoms with Crippen LogP contribution >= 0.6 is 0 Å². The van der Waals surface area contributed by atoms with Crippen molar-refractivity contribution in [3.8, 4) is 0 Å². The van der Waals surface area contributed by atoms with Gasteiger partial charge in [0.1, 0.15) is 6.04 Å². The fraction of sp³-hybridized carbons (Fsp3) is 0.609. The van der Waals surface area contributed by atoms with E-state index in [0.717, 1.165) is 36.9 Å². The molecular formula is C23H29F3N4O3. The molecule has 4 rings (SSSR count). The third-order valence-electron chi connectivity index (χ3n) is 6.91. The van der Waals surface area contributed by atoms with Crippen molar-refractivity contribution in [1.29, 1.82) is 0 Å². The number of hydrogen-bond donors (Lipinski definition) is 2. The number of halogens is 3. The molecule has 180 valence electrons. The number of carbonyl (C=O) groups excluding carboxylic acids is 3. The summed E-state index contributed by atoms with van der Waals surface area (Å²) < 4.78 is 38.5. The molecule has 2 heterocycles. The molecule has 10 heteroatoms. The third-order valence-corrected chi connectivity index (χ3v) is 6.91. The van der Waals surface area contributed by atoms with Crippen LogP contribution in [-0.2, 0) is 16.1 Å². The van der Waals surface area contributed by atoms with E-state index in [1.54, 1.807) is 12.1 Å². The monoisotopic (exact) mass is 466 g/mol. The lowest BCUT2D eigenvalue weighted by Gasteiger charge is -2.39. The predicted octanol–water partition coefficient (Wildman–Crippen LogP) is 2.87. The summed E-state index contributed by atoms with van der Waals surface area (Å²) in [7, 11) is 0. The van der Waals surface area contributed by atoms with Crippen molar-refractivity contribution >= 4 is 23.4 Å². The highest BCUT2D eigenvalue weighted by Crippen LogP contribution is 2.37. The van der Waals surface area contributed by atoms with Crippen molar-refractivity contribution in [2.45, 2.75) is 82.2 Å². The summed E-state index contributed by atoms with van der Waals surface area (Å²) in [6, 6.07) is 4.70. The summed E-state index contributed by atoms with van der Waals surface area (Å²) in [5.74, 6) is -1.13. The predicted molar refractivity (Wildman–Crippen MR) is 115 cm³/mol. The molecule has 0 spiro atoms. The number of rotatable bonds is 6. The number of nitrogens with one attached hydrogen (secondary N) is 1. The van der Waals surface area contributed by atoms with Gasteiger partial charge >= 0.3 is 6.18 Å². The highest BCUT2D eigenvalue weighted by atomic mass is 19.4. The van der Waals surface area contributed by atoms with Crippen LogP contribution < -0.4 is 16.0 Å². The second kappa shape index (κ2) is 9.32. The van der Waals surface area contributed by atoms with Gasteiger partial charge in [0.25, 0.3) is 5.91 Å². The van der Waals surface area contributed by atoms with E-state index < -0.39 is 24.5 Å². The standard InChI is InChI=1S/C23H29F3N4O3/c24-23(25,26)11-2-12-29(15-7-5-14(27)6-8-15)18-4-1-3-16-17(18)13-30(22(16)33)19-9-10-20(31)28-21(19)32/h1,3-4,14-15,19H,2,5-13,27H2,(H,28,31,32). The number of anilines is 1. The van der Waals surface area contributed by atoms with Crippen molar-refractivity contribution in [1.82, 2.24) is 10.2 Å². The normalized spacial score (nSPS) is 25.8. The maximum absolute atomic E-state index is 13.1. The summed E-state index contributed by atoms with van der Waals surface area (Å²) in [5.41, 5.74) is 7.99. The summed E-state index contributed by atoms with van der Waals surface area (Å²) >= 11 is 0. The minimum Gasteiger partial charge on any atom is -0.368 e. The number of benzene rings is 1. The Kier molecular flexibility index (Phi) is 6.65.